The molecule has 2 saturated heterocycles. The second-order valence-electron chi connectivity index (χ2n) is 16.4. The first-order valence-corrected chi connectivity index (χ1v) is 19.1. The van der Waals surface area contributed by atoms with E-state index >= 15 is 4.39 Å². The Labute approximate surface area is 328 Å². The molecular formula is C43H39ClFN5O6. The molecule has 4 aliphatic heterocycles. The predicted molar refractivity (Wildman–Crippen MR) is 205 cm³/mol. The summed E-state index contributed by atoms with van der Waals surface area (Å²) in [5.74, 6) is 4.05. The molecule has 5 amide bonds. The van der Waals surface area contributed by atoms with Gasteiger partial charge in [0.05, 0.1) is 28.4 Å². The lowest BCUT2D eigenvalue weighted by molar-refractivity contribution is -0.199. The molecule has 0 aromatic heterocycles. The minimum absolute atomic E-state index is 0.00107. The number of ether oxygens (including phenoxy) is 1. The van der Waals surface area contributed by atoms with E-state index in [0.29, 0.717) is 54.5 Å². The van der Waals surface area contributed by atoms with Gasteiger partial charge in [-0.15, -0.1) is 0 Å². The van der Waals surface area contributed by atoms with E-state index in [-0.39, 0.29) is 64.5 Å². The molecule has 0 bridgehead atoms. The Morgan fingerprint density at radius 2 is 1.59 bits per heavy atom. The van der Waals surface area contributed by atoms with Crippen LogP contribution in [0.2, 0.25) is 5.02 Å². The average Bonchev–Trinajstić information content (AvgIpc) is 3.59. The van der Waals surface area contributed by atoms with Crippen LogP contribution in [-0.2, 0) is 16.1 Å². The van der Waals surface area contributed by atoms with Crippen LogP contribution >= 0.6 is 11.6 Å². The van der Waals surface area contributed by atoms with Crippen molar-refractivity contribution in [2.45, 2.75) is 78.1 Å². The van der Waals surface area contributed by atoms with Gasteiger partial charge >= 0.3 is 0 Å². The number of carbonyl (C=O) groups is 5. The summed E-state index contributed by atoms with van der Waals surface area (Å²) in [4.78, 5) is 72.3. The van der Waals surface area contributed by atoms with Crippen molar-refractivity contribution < 1.29 is 33.1 Å². The highest BCUT2D eigenvalue weighted by Gasteiger charge is 2.67. The Balaban J connectivity index is 0.908. The van der Waals surface area contributed by atoms with Crippen LogP contribution in [0.25, 0.3) is 4.85 Å². The van der Waals surface area contributed by atoms with Gasteiger partial charge in [-0.2, -0.15) is 0 Å². The first-order chi connectivity index (χ1) is 26.6. The highest BCUT2D eigenvalue weighted by molar-refractivity contribution is 6.33. The largest absolute Gasteiger partial charge is 0.489 e. The SMILES string of the molecule is [C-]#[N+]c1ccc(OC2C(C)(C)C(N3Cc4cc(C#CC5CCN(c6cc7c(cc6F)C(=O)N(C6CCC(=O)NC6=O)C7=O)CC5)ccc4C3=O)C2(C)C)cc1Cl. The Hall–Kier alpha value is -5.72. The standard InChI is InChI=1S/C43H39ClFN5O6/c1-42(2)40(43(3,4)41(42)56-26-9-11-32(46-5)30(44)19-26)49-22-25-18-24(8-10-27(25)37(49)53)7-6-23-14-16-48(17-15-23)34-21-29-28(20-31(34)45)38(54)50(39(29)55)33-12-13-35(51)47-36(33)52/h8-11,18-21,23,33,40-41H,12-17,22H2,1-4H3,(H,47,51,52). The maximum atomic E-state index is 15.4. The molecule has 11 nitrogen and oxygen atoms in total. The summed E-state index contributed by atoms with van der Waals surface area (Å²) < 4.78 is 21.9. The predicted octanol–water partition coefficient (Wildman–Crippen LogP) is 6.54. The Kier molecular flexibility index (Phi) is 8.96. The molecule has 286 valence electrons. The van der Waals surface area contributed by atoms with E-state index in [9.17, 15) is 24.0 Å². The summed E-state index contributed by atoms with van der Waals surface area (Å²) in [5.41, 5.74) is 2.16. The van der Waals surface area contributed by atoms with Crippen LogP contribution in [0.1, 0.15) is 95.6 Å². The van der Waals surface area contributed by atoms with Crippen molar-refractivity contribution in [3.05, 3.63) is 98.6 Å². The summed E-state index contributed by atoms with van der Waals surface area (Å²) in [7, 11) is 0. The van der Waals surface area contributed by atoms with Crippen LogP contribution in [0.4, 0.5) is 15.8 Å². The van der Waals surface area contributed by atoms with E-state index in [0.717, 1.165) is 22.1 Å². The molecule has 1 saturated carbocycles. The van der Waals surface area contributed by atoms with Gasteiger partial charge in [0.2, 0.25) is 17.5 Å². The van der Waals surface area contributed by atoms with Crippen molar-refractivity contribution >= 4 is 52.5 Å². The van der Waals surface area contributed by atoms with E-state index in [4.69, 9.17) is 22.9 Å². The van der Waals surface area contributed by atoms with Crippen LogP contribution in [-0.4, -0.2) is 70.6 Å². The zero-order chi connectivity index (χ0) is 39.8. The highest BCUT2D eigenvalue weighted by atomic mass is 35.5. The van der Waals surface area contributed by atoms with Gasteiger partial charge in [-0.25, -0.2) is 9.24 Å². The van der Waals surface area contributed by atoms with Crippen LogP contribution in [0.3, 0.4) is 0 Å². The summed E-state index contributed by atoms with van der Waals surface area (Å²) >= 11 is 6.28. The third-order valence-corrected chi connectivity index (χ3v) is 12.4. The van der Waals surface area contributed by atoms with E-state index < -0.39 is 35.5 Å². The quantitative estimate of drug-likeness (QED) is 0.178. The molecule has 1 atom stereocenters. The lowest BCUT2D eigenvalue weighted by atomic mass is 9.49. The zero-order valence-electron chi connectivity index (χ0n) is 31.4. The molecule has 0 radical (unpaired) electrons. The number of halogens is 2. The minimum Gasteiger partial charge on any atom is -0.489 e. The first kappa shape index (κ1) is 37.2. The number of carbonyl (C=O) groups excluding carboxylic acids is 5. The van der Waals surface area contributed by atoms with Crippen molar-refractivity contribution in [3.63, 3.8) is 0 Å². The number of nitrogens with one attached hydrogen (secondary N) is 1. The number of fused-ring (bicyclic) bond motifs is 2. The van der Waals surface area contributed by atoms with Gasteiger partial charge in [0.1, 0.15) is 23.7 Å². The highest BCUT2D eigenvalue weighted by Crippen LogP contribution is 2.59. The number of benzene rings is 3. The first-order valence-electron chi connectivity index (χ1n) is 18.7. The molecule has 1 aliphatic carbocycles. The van der Waals surface area contributed by atoms with Gasteiger partial charge in [-0.3, -0.25) is 34.2 Å². The zero-order valence-corrected chi connectivity index (χ0v) is 32.1. The van der Waals surface area contributed by atoms with Gasteiger partial charge in [0.25, 0.3) is 17.7 Å². The van der Waals surface area contributed by atoms with Crippen molar-refractivity contribution in [1.82, 2.24) is 15.1 Å². The number of imide groups is 2. The second-order valence-corrected chi connectivity index (χ2v) is 16.8. The topological polar surface area (TPSA) is 121 Å². The molecule has 13 heteroatoms. The average molecular weight is 776 g/mol. The molecule has 5 aliphatic rings. The number of nitrogens with zero attached hydrogens (tertiary/aromatic N) is 4. The molecule has 3 fully saturated rings. The van der Waals surface area contributed by atoms with Crippen molar-refractivity contribution in [1.29, 1.82) is 0 Å². The van der Waals surface area contributed by atoms with Crippen LogP contribution in [0, 0.1) is 41.0 Å². The smallest absolute Gasteiger partial charge is 0.262 e. The lowest BCUT2D eigenvalue weighted by Gasteiger charge is -2.65. The van der Waals surface area contributed by atoms with Crippen LogP contribution in [0.5, 0.6) is 5.75 Å². The van der Waals surface area contributed by atoms with Gasteiger partial charge < -0.3 is 14.5 Å². The van der Waals surface area contributed by atoms with Gasteiger partial charge in [0, 0.05) is 60.0 Å². The molecule has 56 heavy (non-hydrogen) atoms. The van der Waals surface area contributed by atoms with E-state index in [1.807, 2.05) is 28.0 Å². The molecule has 8 rings (SSSR count). The fraction of sp³-hybridized carbons (Fsp3) is 0.395. The summed E-state index contributed by atoms with van der Waals surface area (Å²) in [6, 6.07) is 12.0. The number of anilines is 1. The van der Waals surface area contributed by atoms with Gasteiger partial charge in [-0.05, 0) is 67.3 Å². The maximum absolute atomic E-state index is 15.4. The van der Waals surface area contributed by atoms with E-state index in [2.05, 4.69) is 49.7 Å². The number of hydrogen-bond acceptors (Lipinski definition) is 7. The molecule has 3 aromatic carbocycles. The Bertz CT molecular complexity index is 2350. The van der Waals surface area contributed by atoms with Crippen molar-refractivity contribution in [2.75, 3.05) is 18.0 Å². The number of rotatable bonds is 5. The monoisotopic (exact) mass is 775 g/mol. The number of piperidine rings is 2. The molecule has 1 N–H and O–H groups in total. The van der Waals surface area contributed by atoms with Crippen LogP contribution < -0.4 is 15.0 Å². The third-order valence-electron chi connectivity index (χ3n) is 12.1. The van der Waals surface area contributed by atoms with E-state index in [1.165, 1.54) is 6.07 Å². The maximum Gasteiger partial charge on any atom is 0.262 e. The molecule has 3 aromatic rings. The minimum atomic E-state index is -1.12. The Morgan fingerprint density at radius 3 is 2.25 bits per heavy atom. The third kappa shape index (κ3) is 5.99. The van der Waals surface area contributed by atoms with Crippen molar-refractivity contribution in [3.8, 4) is 17.6 Å². The molecule has 1 unspecified atom stereocenters. The number of hydrogen-bond donors (Lipinski definition) is 1. The van der Waals surface area contributed by atoms with E-state index in [1.54, 1.807) is 18.2 Å². The Morgan fingerprint density at radius 1 is 0.893 bits per heavy atom. The van der Waals surface area contributed by atoms with Gasteiger partial charge in [-0.1, -0.05) is 57.2 Å². The molecule has 0 spiro atoms. The van der Waals surface area contributed by atoms with Gasteiger partial charge in [0.15, 0.2) is 0 Å². The normalized spacial score (nSPS) is 23.8. The van der Waals surface area contributed by atoms with Crippen LogP contribution in [0.15, 0.2) is 48.5 Å². The number of amides is 5. The lowest BCUT2D eigenvalue weighted by Crippen LogP contribution is -2.74. The molecular weight excluding hydrogens is 737 g/mol. The summed E-state index contributed by atoms with van der Waals surface area (Å²) in [5, 5.41) is 2.51. The summed E-state index contributed by atoms with van der Waals surface area (Å²) in [6.07, 6.45) is 1.12. The summed E-state index contributed by atoms with van der Waals surface area (Å²) in [6.45, 7) is 17.1. The fourth-order valence-corrected chi connectivity index (χ4v) is 10.0. The second kappa shape index (κ2) is 13.5. The molecule has 4 heterocycles. The van der Waals surface area contributed by atoms with Crippen molar-refractivity contribution in [2.24, 2.45) is 16.7 Å². The fourth-order valence-electron chi connectivity index (χ4n) is 9.80.